The number of nitrogen functional groups attached to an aromatic ring is 1. The number of benzene rings is 1. The van der Waals surface area contributed by atoms with E-state index in [-0.39, 0.29) is 5.56 Å². The number of aromatic nitrogens is 4. The van der Waals surface area contributed by atoms with Crippen LogP contribution in [0, 0.1) is 0 Å². The van der Waals surface area contributed by atoms with Crippen molar-refractivity contribution in [2.45, 2.75) is 6.54 Å². The first-order chi connectivity index (χ1) is 9.72. The van der Waals surface area contributed by atoms with E-state index in [1.807, 2.05) is 0 Å². The van der Waals surface area contributed by atoms with Crippen LogP contribution in [0.3, 0.4) is 0 Å². The largest absolute Gasteiger partial charge is 0.399 e. The first-order valence-electron chi connectivity index (χ1n) is 6.01. The average molecular weight is 268 g/mol. The van der Waals surface area contributed by atoms with Crippen LogP contribution in [0.15, 0.2) is 41.6 Å². The van der Waals surface area contributed by atoms with Crippen molar-refractivity contribution in [1.29, 1.82) is 0 Å². The molecule has 7 nitrogen and oxygen atoms in total. The summed E-state index contributed by atoms with van der Waals surface area (Å²) in [4.78, 5) is 26.9. The Hall–Kier alpha value is -2.96. The summed E-state index contributed by atoms with van der Waals surface area (Å²) in [6.07, 6.45) is 3.12. The molecule has 0 aliphatic carbocycles. The van der Waals surface area contributed by atoms with Crippen molar-refractivity contribution in [3.05, 3.63) is 52.8 Å². The van der Waals surface area contributed by atoms with E-state index < -0.39 is 0 Å². The molecule has 20 heavy (non-hydrogen) atoms. The molecule has 7 heteroatoms. The molecule has 0 atom stereocenters. The summed E-state index contributed by atoms with van der Waals surface area (Å²) in [5.41, 5.74) is 7.36. The molecule has 0 saturated heterocycles. The molecule has 0 aliphatic rings. The van der Waals surface area contributed by atoms with E-state index in [9.17, 15) is 4.79 Å². The summed E-state index contributed by atoms with van der Waals surface area (Å²) in [6, 6.07) is 6.82. The van der Waals surface area contributed by atoms with Gasteiger partial charge in [-0.3, -0.25) is 9.78 Å². The third-order valence-electron chi connectivity index (χ3n) is 2.81. The Kier molecular flexibility index (Phi) is 3.00. The number of nitrogens with two attached hydrogens (primary N) is 1. The van der Waals surface area contributed by atoms with Crippen LogP contribution in [-0.4, -0.2) is 19.9 Å². The van der Waals surface area contributed by atoms with Crippen molar-refractivity contribution in [2.24, 2.45) is 0 Å². The van der Waals surface area contributed by atoms with Crippen molar-refractivity contribution < 1.29 is 0 Å². The van der Waals surface area contributed by atoms with Crippen molar-refractivity contribution in [1.82, 2.24) is 19.9 Å². The Labute approximate surface area is 113 Å². The third kappa shape index (κ3) is 2.41. The van der Waals surface area contributed by atoms with Gasteiger partial charge >= 0.3 is 0 Å². The van der Waals surface area contributed by atoms with E-state index in [0.29, 0.717) is 29.1 Å². The van der Waals surface area contributed by atoms with E-state index in [0.717, 1.165) is 5.69 Å². The number of fused-ring (bicyclic) bond motifs is 1. The first-order valence-corrected chi connectivity index (χ1v) is 6.01. The molecule has 0 spiro atoms. The van der Waals surface area contributed by atoms with Gasteiger partial charge in [0, 0.05) is 11.9 Å². The van der Waals surface area contributed by atoms with Gasteiger partial charge < -0.3 is 11.1 Å². The Balaban J connectivity index is 1.89. The van der Waals surface area contributed by atoms with Crippen LogP contribution in [0.25, 0.3) is 10.9 Å². The molecule has 2 heterocycles. The van der Waals surface area contributed by atoms with Gasteiger partial charge in [-0.1, -0.05) is 0 Å². The molecule has 0 amide bonds. The maximum atomic E-state index is 11.9. The second-order valence-corrected chi connectivity index (χ2v) is 4.25. The lowest BCUT2D eigenvalue weighted by atomic mass is 10.2. The molecule has 0 fully saturated rings. The van der Waals surface area contributed by atoms with Crippen molar-refractivity contribution in [3.63, 3.8) is 0 Å². The highest BCUT2D eigenvalue weighted by Crippen LogP contribution is 2.12. The summed E-state index contributed by atoms with van der Waals surface area (Å²) >= 11 is 0. The Morgan fingerprint density at radius 1 is 1.30 bits per heavy atom. The number of nitrogens with one attached hydrogen (secondary N) is 2. The van der Waals surface area contributed by atoms with Crippen LogP contribution in [0.5, 0.6) is 0 Å². The summed E-state index contributed by atoms with van der Waals surface area (Å²) in [5.74, 6) is 0.394. The van der Waals surface area contributed by atoms with Gasteiger partial charge in [0.15, 0.2) is 0 Å². The van der Waals surface area contributed by atoms with E-state index >= 15 is 0 Å². The van der Waals surface area contributed by atoms with Crippen LogP contribution in [0.1, 0.15) is 5.69 Å². The highest BCUT2D eigenvalue weighted by molar-refractivity contribution is 5.81. The lowest BCUT2D eigenvalue weighted by Crippen LogP contribution is -2.13. The highest BCUT2D eigenvalue weighted by atomic mass is 16.1. The number of aromatic amines is 1. The normalized spacial score (nSPS) is 10.6. The first kappa shape index (κ1) is 12.1. The van der Waals surface area contributed by atoms with Gasteiger partial charge in [0.05, 0.1) is 23.1 Å². The number of rotatable bonds is 3. The van der Waals surface area contributed by atoms with Crippen molar-refractivity contribution in [3.8, 4) is 0 Å². The van der Waals surface area contributed by atoms with Crippen LogP contribution in [-0.2, 0) is 6.54 Å². The zero-order valence-electron chi connectivity index (χ0n) is 10.5. The second kappa shape index (κ2) is 4.96. The molecule has 100 valence electrons. The minimum absolute atomic E-state index is 0.229. The van der Waals surface area contributed by atoms with E-state index in [1.54, 1.807) is 30.5 Å². The lowest BCUT2D eigenvalue weighted by Gasteiger charge is -2.06. The number of H-pyrrole nitrogens is 1. The quantitative estimate of drug-likeness (QED) is 0.609. The molecule has 3 rings (SSSR count). The molecular formula is C13H12N6O. The van der Waals surface area contributed by atoms with Gasteiger partial charge in [-0.25, -0.2) is 15.0 Å². The van der Waals surface area contributed by atoms with Crippen LogP contribution in [0.2, 0.25) is 0 Å². The lowest BCUT2D eigenvalue weighted by molar-refractivity contribution is 0.979. The number of hydrogen-bond acceptors (Lipinski definition) is 6. The number of hydrogen-bond donors (Lipinski definition) is 3. The summed E-state index contributed by atoms with van der Waals surface area (Å²) in [7, 11) is 0. The maximum absolute atomic E-state index is 11.9. The molecular weight excluding hydrogens is 256 g/mol. The fourth-order valence-corrected chi connectivity index (χ4v) is 1.84. The molecule has 4 N–H and O–H groups in total. The average Bonchev–Trinajstić information content (AvgIpc) is 2.47. The maximum Gasteiger partial charge on any atom is 0.260 e. The minimum Gasteiger partial charge on any atom is -0.399 e. The monoisotopic (exact) mass is 268 g/mol. The van der Waals surface area contributed by atoms with Crippen molar-refractivity contribution in [2.75, 3.05) is 11.1 Å². The molecule has 0 radical (unpaired) electrons. The van der Waals surface area contributed by atoms with Crippen LogP contribution in [0.4, 0.5) is 11.6 Å². The summed E-state index contributed by atoms with van der Waals surface area (Å²) in [5, 5.41) is 3.49. The molecule has 3 aromatic rings. The predicted molar refractivity (Wildman–Crippen MR) is 76.1 cm³/mol. The second-order valence-electron chi connectivity index (χ2n) is 4.25. The van der Waals surface area contributed by atoms with Gasteiger partial charge in [-0.2, -0.15) is 0 Å². The smallest absolute Gasteiger partial charge is 0.260 e. The topological polar surface area (TPSA) is 110 Å². The molecule has 1 aromatic carbocycles. The van der Waals surface area contributed by atoms with Crippen LogP contribution >= 0.6 is 0 Å². The van der Waals surface area contributed by atoms with Crippen LogP contribution < -0.4 is 16.6 Å². The van der Waals surface area contributed by atoms with Crippen molar-refractivity contribution >= 4 is 22.5 Å². The van der Waals surface area contributed by atoms with E-state index in [4.69, 9.17) is 5.73 Å². The Morgan fingerprint density at radius 3 is 3.00 bits per heavy atom. The number of nitrogens with zero attached hydrogens (tertiary/aromatic N) is 3. The van der Waals surface area contributed by atoms with Gasteiger partial charge in [0.25, 0.3) is 5.56 Å². The SMILES string of the molecule is Nc1ccc2nc(NCc3ccncn3)[nH]c(=O)c2c1. The number of anilines is 2. The molecule has 0 saturated carbocycles. The Bertz CT molecular complexity index is 799. The van der Waals surface area contributed by atoms with E-state index in [1.165, 1.54) is 6.33 Å². The Morgan fingerprint density at radius 2 is 2.20 bits per heavy atom. The van der Waals surface area contributed by atoms with Gasteiger partial charge in [0.1, 0.15) is 6.33 Å². The predicted octanol–water partition coefficient (Wildman–Crippen LogP) is 0.907. The molecule has 0 unspecified atom stereocenters. The molecule has 2 aromatic heterocycles. The van der Waals surface area contributed by atoms with Gasteiger partial charge in [0.2, 0.25) is 5.95 Å². The fraction of sp³-hybridized carbons (Fsp3) is 0.0769. The van der Waals surface area contributed by atoms with Gasteiger partial charge in [-0.05, 0) is 24.3 Å². The molecule has 0 aliphatic heterocycles. The molecule has 0 bridgehead atoms. The zero-order chi connectivity index (χ0) is 13.9. The van der Waals surface area contributed by atoms with Gasteiger partial charge in [-0.15, -0.1) is 0 Å². The zero-order valence-corrected chi connectivity index (χ0v) is 10.5. The highest BCUT2D eigenvalue weighted by Gasteiger charge is 2.04. The standard InChI is InChI=1S/C13H12N6O/c14-8-1-2-11-10(5-8)12(20)19-13(18-11)16-6-9-3-4-15-7-17-9/h1-5,7H,6,14H2,(H2,16,18,19,20). The third-order valence-corrected chi connectivity index (χ3v) is 2.81. The summed E-state index contributed by atoms with van der Waals surface area (Å²) in [6.45, 7) is 0.450. The van der Waals surface area contributed by atoms with E-state index in [2.05, 4.69) is 25.3 Å². The minimum atomic E-state index is -0.229. The summed E-state index contributed by atoms with van der Waals surface area (Å²) < 4.78 is 0. The fourth-order valence-electron chi connectivity index (χ4n) is 1.84.